The Bertz CT molecular complexity index is 163. The average Bonchev–Trinajstić information content (AvgIpc) is 2.31. The molecule has 0 rings (SSSR count). The van der Waals surface area contributed by atoms with Gasteiger partial charge in [-0.05, 0) is 33.7 Å². The molecule has 0 saturated carbocycles. The van der Waals surface area contributed by atoms with Gasteiger partial charge in [0.2, 0.25) is 0 Å². The number of nitrogens with one attached hydrogen (secondary N) is 1. The summed E-state index contributed by atoms with van der Waals surface area (Å²) in [7, 11) is 0. The van der Waals surface area contributed by atoms with Gasteiger partial charge in [0, 0.05) is 5.54 Å². The molecule has 1 heteroatoms. The van der Waals surface area contributed by atoms with E-state index in [1.54, 1.807) is 0 Å². The Balaban J connectivity index is 3.16. The van der Waals surface area contributed by atoms with Crippen LogP contribution in [0.4, 0.5) is 0 Å². The van der Waals surface area contributed by atoms with Gasteiger partial charge in [0.25, 0.3) is 0 Å². The van der Waals surface area contributed by atoms with Gasteiger partial charge in [-0.25, -0.2) is 0 Å². The SMILES string of the molecule is [CH2]CNC(C)(C)CCCCCCCCCCCC. The second-order valence-corrected chi connectivity index (χ2v) is 6.24. The Kier molecular flexibility index (Phi) is 12.0. The molecular formula is C17H36N. The first kappa shape index (κ1) is 18.0. The van der Waals surface area contributed by atoms with Crippen LogP contribution in [0.25, 0.3) is 0 Å². The fourth-order valence-corrected chi connectivity index (χ4v) is 2.48. The zero-order valence-electron chi connectivity index (χ0n) is 13.2. The minimum atomic E-state index is 0.280. The molecule has 0 aliphatic carbocycles. The van der Waals surface area contributed by atoms with Crippen LogP contribution >= 0.6 is 0 Å². The van der Waals surface area contributed by atoms with Crippen LogP contribution in [0.2, 0.25) is 0 Å². The third-order valence-corrected chi connectivity index (χ3v) is 3.76. The maximum absolute atomic E-state index is 3.86. The first-order valence-corrected chi connectivity index (χ1v) is 8.16. The Morgan fingerprint density at radius 3 is 1.67 bits per heavy atom. The maximum Gasteiger partial charge on any atom is 0.0125 e. The van der Waals surface area contributed by atoms with Gasteiger partial charge in [-0.15, -0.1) is 0 Å². The van der Waals surface area contributed by atoms with E-state index in [-0.39, 0.29) is 5.54 Å². The third kappa shape index (κ3) is 12.4. The molecule has 0 aliphatic heterocycles. The summed E-state index contributed by atoms with van der Waals surface area (Å²) in [6, 6.07) is 0. The van der Waals surface area contributed by atoms with Crippen molar-refractivity contribution < 1.29 is 0 Å². The molecule has 0 heterocycles. The molecule has 0 fully saturated rings. The van der Waals surface area contributed by atoms with Crippen LogP contribution < -0.4 is 5.32 Å². The van der Waals surface area contributed by atoms with E-state index in [9.17, 15) is 0 Å². The largest absolute Gasteiger partial charge is 0.312 e. The molecule has 0 unspecified atom stereocenters. The number of hydrogen-bond donors (Lipinski definition) is 1. The quantitative estimate of drug-likeness (QED) is 0.428. The Morgan fingerprint density at radius 2 is 1.22 bits per heavy atom. The highest BCUT2D eigenvalue weighted by molar-refractivity contribution is 4.77. The van der Waals surface area contributed by atoms with Crippen molar-refractivity contribution in [3.05, 3.63) is 6.92 Å². The lowest BCUT2D eigenvalue weighted by Crippen LogP contribution is -2.38. The maximum atomic E-state index is 3.86. The van der Waals surface area contributed by atoms with E-state index in [0.717, 1.165) is 6.54 Å². The van der Waals surface area contributed by atoms with E-state index < -0.39 is 0 Å². The van der Waals surface area contributed by atoms with Crippen LogP contribution in [0.3, 0.4) is 0 Å². The molecule has 0 spiro atoms. The number of rotatable bonds is 13. The van der Waals surface area contributed by atoms with Crippen LogP contribution in [-0.2, 0) is 0 Å². The van der Waals surface area contributed by atoms with Crippen LogP contribution in [0.5, 0.6) is 0 Å². The van der Waals surface area contributed by atoms with Crippen LogP contribution in [0.15, 0.2) is 0 Å². The van der Waals surface area contributed by atoms with Gasteiger partial charge in [0.15, 0.2) is 0 Å². The van der Waals surface area contributed by atoms with Gasteiger partial charge in [0.1, 0.15) is 0 Å². The van der Waals surface area contributed by atoms with E-state index in [4.69, 9.17) is 0 Å². The van der Waals surface area contributed by atoms with Crippen molar-refractivity contribution >= 4 is 0 Å². The summed E-state index contributed by atoms with van der Waals surface area (Å²) in [6.45, 7) is 11.5. The summed E-state index contributed by atoms with van der Waals surface area (Å²) in [5.41, 5.74) is 0.280. The van der Waals surface area contributed by atoms with E-state index in [0.29, 0.717) is 0 Å². The molecule has 109 valence electrons. The molecule has 0 aromatic rings. The van der Waals surface area contributed by atoms with Gasteiger partial charge >= 0.3 is 0 Å². The first-order chi connectivity index (χ1) is 8.62. The molecule has 0 bridgehead atoms. The predicted octanol–water partition coefficient (Wildman–Crippen LogP) is 5.50. The molecule has 0 atom stereocenters. The molecule has 0 amide bonds. The van der Waals surface area contributed by atoms with Gasteiger partial charge in [-0.1, -0.05) is 71.1 Å². The van der Waals surface area contributed by atoms with Crippen LogP contribution in [0.1, 0.15) is 91.4 Å². The first-order valence-electron chi connectivity index (χ1n) is 8.16. The average molecular weight is 254 g/mol. The van der Waals surface area contributed by atoms with Crippen molar-refractivity contribution in [3.63, 3.8) is 0 Å². The Hall–Kier alpha value is -0.0400. The third-order valence-electron chi connectivity index (χ3n) is 3.76. The molecule has 1 N–H and O–H groups in total. The monoisotopic (exact) mass is 254 g/mol. The molecule has 0 aromatic heterocycles. The van der Waals surface area contributed by atoms with E-state index in [1.807, 2.05) is 0 Å². The lowest BCUT2D eigenvalue weighted by atomic mass is 9.96. The minimum absolute atomic E-state index is 0.280. The second kappa shape index (κ2) is 12.0. The van der Waals surface area contributed by atoms with E-state index in [2.05, 4.69) is 33.0 Å². The zero-order chi connectivity index (χ0) is 13.7. The highest BCUT2D eigenvalue weighted by atomic mass is 14.9. The van der Waals surface area contributed by atoms with Gasteiger partial charge in [-0.2, -0.15) is 0 Å². The van der Waals surface area contributed by atoms with Gasteiger partial charge < -0.3 is 5.32 Å². The Labute approximate surface area is 116 Å². The summed E-state index contributed by atoms with van der Waals surface area (Å²) in [5.74, 6) is 0. The van der Waals surface area contributed by atoms with Crippen molar-refractivity contribution in [1.29, 1.82) is 0 Å². The Morgan fingerprint density at radius 1 is 0.778 bits per heavy atom. The topological polar surface area (TPSA) is 12.0 Å². The molecule has 1 radical (unpaired) electrons. The van der Waals surface area contributed by atoms with Crippen LogP contribution in [0, 0.1) is 6.92 Å². The van der Waals surface area contributed by atoms with Crippen molar-refractivity contribution in [2.24, 2.45) is 0 Å². The second-order valence-electron chi connectivity index (χ2n) is 6.24. The number of hydrogen-bond acceptors (Lipinski definition) is 1. The standard InChI is InChI=1S/C17H36N/c1-5-7-8-9-10-11-12-13-14-15-16-17(3,4)18-6-2/h18H,2,5-16H2,1,3-4H3. The molecule has 18 heavy (non-hydrogen) atoms. The number of unbranched alkanes of at least 4 members (excludes halogenated alkanes) is 9. The summed E-state index contributed by atoms with van der Waals surface area (Å²) in [6.07, 6.45) is 15.5. The smallest absolute Gasteiger partial charge is 0.0125 e. The van der Waals surface area contributed by atoms with Crippen molar-refractivity contribution in [1.82, 2.24) is 5.32 Å². The van der Waals surface area contributed by atoms with E-state index in [1.165, 1.54) is 70.6 Å². The highest BCUT2D eigenvalue weighted by Gasteiger charge is 2.14. The van der Waals surface area contributed by atoms with Gasteiger partial charge in [0.05, 0.1) is 0 Å². The molecule has 0 saturated heterocycles. The predicted molar refractivity (Wildman–Crippen MR) is 83.9 cm³/mol. The van der Waals surface area contributed by atoms with Crippen LogP contribution in [-0.4, -0.2) is 12.1 Å². The fourth-order valence-electron chi connectivity index (χ4n) is 2.48. The van der Waals surface area contributed by atoms with Crippen molar-refractivity contribution in [2.45, 2.75) is 96.9 Å². The molecular weight excluding hydrogens is 218 g/mol. The highest BCUT2D eigenvalue weighted by Crippen LogP contribution is 2.16. The lowest BCUT2D eigenvalue weighted by molar-refractivity contribution is 0.360. The fraction of sp³-hybridized carbons (Fsp3) is 0.941. The zero-order valence-corrected chi connectivity index (χ0v) is 13.2. The molecule has 0 aromatic carbocycles. The summed E-state index contributed by atoms with van der Waals surface area (Å²) >= 11 is 0. The summed E-state index contributed by atoms with van der Waals surface area (Å²) < 4.78 is 0. The van der Waals surface area contributed by atoms with Crippen molar-refractivity contribution in [3.8, 4) is 0 Å². The minimum Gasteiger partial charge on any atom is -0.312 e. The van der Waals surface area contributed by atoms with Gasteiger partial charge in [-0.3, -0.25) is 0 Å². The lowest BCUT2D eigenvalue weighted by Gasteiger charge is -2.25. The molecule has 0 aliphatic rings. The van der Waals surface area contributed by atoms with E-state index >= 15 is 0 Å². The summed E-state index contributed by atoms with van der Waals surface area (Å²) in [5, 5.41) is 3.44. The summed E-state index contributed by atoms with van der Waals surface area (Å²) in [4.78, 5) is 0. The normalized spacial score (nSPS) is 12.0. The van der Waals surface area contributed by atoms with Crippen molar-refractivity contribution in [2.75, 3.05) is 6.54 Å². The molecule has 1 nitrogen and oxygen atoms in total.